The Morgan fingerprint density at radius 3 is 2.69 bits per heavy atom. The number of hydrogen-bond acceptors (Lipinski definition) is 5. The van der Waals surface area contributed by atoms with Crippen molar-refractivity contribution >= 4 is 11.7 Å². The molecule has 0 radical (unpaired) electrons. The number of benzene rings is 1. The number of likely N-dealkylation sites (N-methyl/N-ethyl adjacent to an activating group) is 1. The second-order valence-corrected chi connectivity index (χ2v) is 5.61. The SMILES string of the molecule is C#CCOc1ccc(CCNC(=O)CN(C)c2ccc(C#N)cn2)cc1. The number of aromatic nitrogens is 1. The van der Waals surface area contributed by atoms with Crippen LogP contribution in [0.15, 0.2) is 42.6 Å². The fourth-order valence-corrected chi connectivity index (χ4v) is 2.25. The average molecular weight is 348 g/mol. The number of terminal acetylenes is 1. The molecule has 0 bridgehead atoms. The van der Waals surface area contributed by atoms with Crippen molar-refractivity contribution < 1.29 is 9.53 Å². The van der Waals surface area contributed by atoms with Gasteiger partial charge in [-0.1, -0.05) is 18.1 Å². The molecule has 0 spiro atoms. The molecule has 1 aromatic carbocycles. The summed E-state index contributed by atoms with van der Waals surface area (Å²) in [6.45, 7) is 0.979. The van der Waals surface area contributed by atoms with Crippen molar-refractivity contribution in [2.45, 2.75) is 6.42 Å². The maximum absolute atomic E-state index is 12.0. The number of carbonyl (C=O) groups excluding carboxylic acids is 1. The minimum absolute atomic E-state index is 0.0902. The number of hydrogen-bond donors (Lipinski definition) is 1. The first-order chi connectivity index (χ1) is 12.6. The second kappa shape index (κ2) is 9.71. The Balaban J connectivity index is 1.74. The molecule has 1 heterocycles. The topological polar surface area (TPSA) is 78.2 Å². The number of amides is 1. The number of rotatable bonds is 8. The monoisotopic (exact) mass is 348 g/mol. The highest BCUT2D eigenvalue weighted by atomic mass is 16.5. The van der Waals surface area contributed by atoms with E-state index in [1.165, 1.54) is 6.20 Å². The molecular weight excluding hydrogens is 328 g/mol. The molecule has 0 atom stereocenters. The molecule has 1 amide bonds. The molecule has 0 unspecified atom stereocenters. The second-order valence-electron chi connectivity index (χ2n) is 5.61. The maximum Gasteiger partial charge on any atom is 0.239 e. The molecule has 6 heteroatoms. The lowest BCUT2D eigenvalue weighted by Gasteiger charge is -2.17. The summed E-state index contributed by atoms with van der Waals surface area (Å²) in [7, 11) is 1.78. The van der Waals surface area contributed by atoms with Crippen molar-refractivity contribution in [3.05, 3.63) is 53.7 Å². The minimum Gasteiger partial charge on any atom is -0.481 e. The molecule has 1 aromatic heterocycles. The number of nitriles is 1. The highest BCUT2D eigenvalue weighted by Crippen LogP contribution is 2.12. The van der Waals surface area contributed by atoms with E-state index in [1.54, 1.807) is 24.1 Å². The van der Waals surface area contributed by atoms with Crippen molar-refractivity contribution in [1.82, 2.24) is 10.3 Å². The zero-order chi connectivity index (χ0) is 18.8. The number of anilines is 1. The van der Waals surface area contributed by atoms with Crippen LogP contribution < -0.4 is 15.0 Å². The molecule has 0 saturated heterocycles. The van der Waals surface area contributed by atoms with Crippen molar-refractivity contribution in [3.63, 3.8) is 0 Å². The highest BCUT2D eigenvalue weighted by Gasteiger charge is 2.08. The molecule has 2 aromatic rings. The molecule has 1 N–H and O–H groups in total. The molecular formula is C20H20N4O2. The highest BCUT2D eigenvalue weighted by molar-refractivity contribution is 5.80. The van der Waals surface area contributed by atoms with E-state index in [0.717, 1.165) is 17.7 Å². The third-order valence-corrected chi connectivity index (χ3v) is 3.63. The van der Waals surface area contributed by atoms with E-state index in [9.17, 15) is 4.79 Å². The van der Waals surface area contributed by atoms with Gasteiger partial charge >= 0.3 is 0 Å². The van der Waals surface area contributed by atoms with E-state index in [2.05, 4.69) is 16.2 Å². The van der Waals surface area contributed by atoms with Crippen LogP contribution in [-0.2, 0) is 11.2 Å². The zero-order valence-electron chi connectivity index (χ0n) is 14.6. The van der Waals surface area contributed by atoms with Crippen LogP contribution in [0.2, 0.25) is 0 Å². The first kappa shape index (κ1) is 18.8. The predicted octanol–water partition coefficient (Wildman–Crippen LogP) is 1.76. The van der Waals surface area contributed by atoms with E-state index in [4.69, 9.17) is 16.4 Å². The summed E-state index contributed by atoms with van der Waals surface area (Å²) >= 11 is 0. The normalized spacial score (nSPS) is 9.65. The summed E-state index contributed by atoms with van der Waals surface area (Å²) < 4.78 is 5.32. The molecule has 0 aliphatic heterocycles. The summed E-state index contributed by atoms with van der Waals surface area (Å²) in [5, 5.41) is 11.7. The molecule has 0 aliphatic rings. The van der Waals surface area contributed by atoms with Gasteiger partial charge in [0.05, 0.1) is 12.1 Å². The van der Waals surface area contributed by atoms with Gasteiger partial charge in [0.2, 0.25) is 5.91 Å². The van der Waals surface area contributed by atoms with Crippen LogP contribution in [0.3, 0.4) is 0 Å². The van der Waals surface area contributed by atoms with E-state index in [0.29, 0.717) is 17.9 Å². The van der Waals surface area contributed by atoms with Crippen molar-refractivity contribution in [2.24, 2.45) is 0 Å². The first-order valence-corrected chi connectivity index (χ1v) is 8.11. The van der Waals surface area contributed by atoms with Crippen LogP contribution in [-0.4, -0.2) is 37.6 Å². The van der Waals surface area contributed by atoms with Gasteiger partial charge in [0, 0.05) is 19.8 Å². The Kier molecular flexibility index (Phi) is 7.03. The van der Waals surface area contributed by atoms with Crippen LogP contribution in [0.25, 0.3) is 0 Å². The Labute approximate surface area is 153 Å². The Morgan fingerprint density at radius 2 is 2.08 bits per heavy atom. The van der Waals surface area contributed by atoms with Gasteiger partial charge in [0.1, 0.15) is 24.2 Å². The summed E-state index contributed by atoms with van der Waals surface area (Å²) in [5.41, 5.74) is 1.59. The zero-order valence-corrected chi connectivity index (χ0v) is 14.6. The van der Waals surface area contributed by atoms with Gasteiger partial charge < -0.3 is 15.0 Å². The summed E-state index contributed by atoms with van der Waals surface area (Å²) in [4.78, 5) is 17.9. The number of ether oxygens (including phenoxy) is 1. The van der Waals surface area contributed by atoms with Crippen molar-refractivity contribution in [2.75, 3.05) is 31.6 Å². The summed E-state index contributed by atoms with van der Waals surface area (Å²) in [6.07, 6.45) is 7.36. The first-order valence-electron chi connectivity index (χ1n) is 8.11. The van der Waals surface area contributed by atoms with E-state index < -0.39 is 0 Å². The molecule has 2 rings (SSSR count). The minimum atomic E-state index is -0.0902. The Morgan fingerprint density at radius 1 is 1.31 bits per heavy atom. The van der Waals surface area contributed by atoms with Crippen LogP contribution in [0, 0.1) is 23.7 Å². The molecule has 26 heavy (non-hydrogen) atoms. The van der Waals surface area contributed by atoms with Gasteiger partial charge in [-0.2, -0.15) is 5.26 Å². The molecule has 6 nitrogen and oxygen atoms in total. The van der Waals surface area contributed by atoms with Crippen molar-refractivity contribution in [1.29, 1.82) is 5.26 Å². The lowest BCUT2D eigenvalue weighted by atomic mass is 10.1. The van der Waals surface area contributed by atoms with E-state index in [1.807, 2.05) is 30.3 Å². The molecule has 0 saturated carbocycles. The Bertz CT molecular complexity index is 802. The smallest absolute Gasteiger partial charge is 0.239 e. The number of nitrogens with one attached hydrogen (secondary N) is 1. The number of nitrogens with zero attached hydrogens (tertiary/aromatic N) is 3. The third kappa shape index (κ3) is 5.85. The summed E-state index contributed by atoms with van der Waals surface area (Å²) in [5.74, 6) is 3.70. The lowest BCUT2D eigenvalue weighted by molar-refractivity contribution is -0.119. The standard InChI is InChI=1S/C20H20N4O2/c1-3-12-26-18-7-4-16(5-8-18)10-11-22-20(25)15-24(2)19-9-6-17(13-21)14-23-19/h1,4-9,14H,10-12,15H2,2H3,(H,22,25). The van der Waals surface area contributed by atoms with Gasteiger partial charge in [0.25, 0.3) is 0 Å². The molecule has 132 valence electrons. The summed E-state index contributed by atoms with van der Waals surface area (Å²) in [6, 6.07) is 13.0. The van der Waals surface area contributed by atoms with Crippen LogP contribution >= 0.6 is 0 Å². The Hall–Kier alpha value is -3.51. The largest absolute Gasteiger partial charge is 0.481 e. The molecule has 0 aliphatic carbocycles. The lowest BCUT2D eigenvalue weighted by Crippen LogP contribution is -2.36. The third-order valence-electron chi connectivity index (χ3n) is 3.63. The van der Waals surface area contributed by atoms with Crippen LogP contribution in [0.4, 0.5) is 5.82 Å². The average Bonchev–Trinajstić information content (AvgIpc) is 2.67. The van der Waals surface area contributed by atoms with Crippen LogP contribution in [0.1, 0.15) is 11.1 Å². The van der Waals surface area contributed by atoms with Gasteiger partial charge in [-0.05, 0) is 36.2 Å². The fourth-order valence-electron chi connectivity index (χ4n) is 2.25. The molecule has 0 fully saturated rings. The number of pyridine rings is 1. The van der Waals surface area contributed by atoms with Gasteiger partial charge in [-0.15, -0.1) is 6.42 Å². The van der Waals surface area contributed by atoms with Gasteiger partial charge in [0.15, 0.2) is 0 Å². The van der Waals surface area contributed by atoms with Crippen molar-refractivity contribution in [3.8, 4) is 24.2 Å². The van der Waals surface area contributed by atoms with Gasteiger partial charge in [-0.3, -0.25) is 4.79 Å². The number of carbonyl (C=O) groups is 1. The fraction of sp³-hybridized carbons (Fsp3) is 0.250. The van der Waals surface area contributed by atoms with E-state index >= 15 is 0 Å². The quantitative estimate of drug-likeness (QED) is 0.736. The van der Waals surface area contributed by atoms with Crippen LogP contribution in [0.5, 0.6) is 5.75 Å². The van der Waals surface area contributed by atoms with E-state index in [-0.39, 0.29) is 19.1 Å². The van der Waals surface area contributed by atoms with Gasteiger partial charge in [-0.25, -0.2) is 4.98 Å². The predicted molar refractivity (Wildman–Crippen MR) is 99.7 cm³/mol. The maximum atomic E-state index is 12.0.